The molecule has 3 aromatic heterocycles. The molecule has 0 amide bonds. The molecule has 7 nitrogen and oxygen atoms in total. The summed E-state index contributed by atoms with van der Waals surface area (Å²) in [6.07, 6.45) is 6.99. The monoisotopic (exact) mass is 362 g/mol. The van der Waals surface area contributed by atoms with Crippen molar-refractivity contribution in [3.8, 4) is 0 Å². The molecule has 0 saturated heterocycles. The van der Waals surface area contributed by atoms with E-state index in [2.05, 4.69) is 19.5 Å². The summed E-state index contributed by atoms with van der Waals surface area (Å²) in [5.74, 6) is 0.619. The molecule has 3 heterocycles. The number of fused-ring (bicyclic) bond motifs is 3. The molecule has 0 radical (unpaired) electrons. The van der Waals surface area contributed by atoms with Crippen molar-refractivity contribution in [3.63, 3.8) is 0 Å². The summed E-state index contributed by atoms with van der Waals surface area (Å²) >= 11 is 0. The highest BCUT2D eigenvalue weighted by atomic mass is 32.2. The highest BCUT2D eigenvalue weighted by Gasteiger charge is 2.31. The molecule has 0 aliphatic heterocycles. The molecule has 1 aliphatic carbocycles. The fraction of sp³-hybridized carbons (Fsp3) is 0.529. The van der Waals surface area contributed by atoms with Crippen LogP contribution in [0.25, 0.3) is 22.1 Å². The van der Waals surface area contributed by atoms with Gasteiger partial charge in [-0.05, 0) is 38.7 Å². The first-order valence-electron chi connectivity index (χ1n) is 8.57. The number of hydrogen-bond acceptors (Lipinski definition) is 5. The fourth-order valence-corrected chi connectivity index (χ4v) is 5.13. The van der Waals surface area contributed by atoms with Crippen molar-refractivity contribution >= 4 is 31.9 Å². The zero-order valence-corrected chi connectivity index (χ0v) is 15.1. The fourth-order valence-electron chi connectivity index (χ4n) is 4.01. The number of aromatic amines is 1. The summed E-state index contributed by atoms with van der Waals surface area (Å²) in [4.78, 5) is 12.1. The zero-order chi connectivity index (χ0) is 17.8. The van der Waals surface area contributed by atoms with Gasteiger partial charge in [0.25, 0.3) is 0 Å². The quantitative estimate of drug-likeness (QED) is 0.745. The van der Waals surface area contributed by atoms with Crippen LogP contribution < -0.4 is 0 Å². The smallest absolute Gasteiger partial charge is 0.150 e. The van der Waals surface area contributed by atoms with Crippen molar-refractivity contribution in [2.45, 2.75) is 50.0 Å². The summed E-state index contributed by atoms with van der Waals surface area (Å²) in [5, 5.41) is 10.9. The number of H-pyrrole nitrogens is 1. The van der Waals surface area contributed by atoms with Crippen LogP contribution in [-0.4, -0.2) is 44.5 Å². The van der Waals surface area contributed by atoms with Crippen LogP contribution in [0.4, 0.5) is 0 Å². The van der Waals surface area contributed by atoms with Gasteiger partial charge >= 0.3 is 0 Å². The number of pyridine rings is 1. The van der Waals surface area contributed by atoms with Crippen LogP contribution in [0.15, 0.2) is 18.5 Å². The number of hydrogen-bond donors (Lipinski definition) is 2. The van der Waals surface area contributed by atoms with Gasteiger partial charge in [0.2, 0.25) is 0 Å². The third-order valence-electron chi connectivity index (χ3n) is 5.25. The van der Waals surface area contributed by atoms with E-state index in [1.807, 2.05) is 12.3 Å². The molecule has 134 valence electrons. The van der Waals surface area contributed by atoms with Gasteiger partial charge < -0.3 is 14.7 Å². The second-order valence-corrected chi connectivity index (χ2v) is 9.33. The largest absolute Gasteiger partial charge is 0.385 e. The van der Waals surface area contributed by atoms with E-state index in [-0.39, 0.29) is 11.3 Å². The molecule has 1 atom stereocenters. The Morgan fingerprint density at radius 3 is 2.68 bits per heavy atom. The molecule has 2 N–H and O–H groups in total. The molecule has 25 heavy (non-hydrogen) atoms. The van der Waals surface area contributed by atoms with Crippen LogP contribution >= 0.6 is 0 Å². The number of sulfone groups is 1. The minimum Gasteiger partial charge on any atom is -0.385 e. The molecule has 1 fully saturated rings. The van der Waals surface area contributed by atoms with Crippen LogP contribution in [-0.2, 0) is 9.84 Å². The predicted octanol–water partition coefficient (Wildman–Crippen LogP) is 2.49. The van der Waals surface area contributed by atoms with E-state index >= 15 is 0 Å². The van der Waals surface area contributed by atoms with Crippen molar-refractivity contribution in [3.05, 3.63) is 24.3 Å². The highest BCUT2D eigenvalue weighted by Crippen LogP contribution is 2.37. The third kappa shape index (κ3) is 2.73. The van der Waals surface area contributed by atoms with Gasteiger partial charge in [-0.25, -0.2) is 18.4 Å². The zero-order valence-electron chi connectivity index (χ0n) is 14.3. The number of aliphatic hydroxyl groups excluding tert-OH is 1. The lowest BCUT2D eigenvalue weighted by Gasteiger charge is -2.30. The molecule has 0 unspecified atom stereocenters. The second-order valence-electron chi connectivity index (χ2n) is 7.01. The molecule has 0 bridgehead atoms. The van der Waals surface area contributed by atoms with Gasteiger partial charge in [0.15, 0.2) is 0 Å². The Balaban J connectivity index is 1.83. The van der Waals surface area contributed by atoms with Gasteiger partial charge in [0.05, 0.1) is 17.0 Å². The predicted molar refractivity (Wildman–Crippen MR) is 96.2 cm³/mol. The van der Waals surface area contributed by atoms with E-state index in [1.54, 1.807) is 13.1 Å². The number of rotatable bonds is 3. The van der Waals surface area contributed by atoms with Gasteiger partial charge in [0, 0.05) is 23.9 Å². The van der Waals surface area contributed by atoms with Crippen LogP contribution in [0.2, 0.25) is 0 Å². The Morgan fingerprint density at radius 1 is 1.32 bits per heavy atom. The number of aliphatic hydroxyl groups is 1. The second kappa shape index (κ2) is 5.81. The number of imidazole rings is 1. The van der Waals surface area contributed by atoms with Crippen molar-refractivity contribution in [1.82, 2.24) is 19.5 Å². The third-order valence-corrected chi connectivity index (χ3v) is 6.93. The average Bonchev–Trinajstić information content (AvgIpc) is 3.17. The minimum absolute atomic E-state index is 0.132. The van der Waals surface area contributed by atoms with Crippen LogP contribution in [0.1, 0.15) is 50.6 Å². The normalized spacial score (nSPS) is 23.3. The van der Waals surface area contributed by atoms with Gasteiger partial charge in [-0.3, -0.25) is 0 Å². The van der Waals surface area contributed by atoms with Crippen LogP contribution in [0.5, 0.6) is 0 Å². The van der Waals surface area contributed by atoms with E-state index in [1.165, 1.54) is 6.26 Å². The Kier molecular flexibility index (Phi) is 3.84. The van der Waals surface area contributed by atoms with E-state index in [0.29, 0.717) is 18.7 Å². The van der Waals surface area contributed by atoms with E-state index in [9.17, 15) is 13.5 Å². The molecular weight excluding hydrogens is 340 g/mol. The summed E-state index contributed by atoms with van der Waals surface area (Å²) in [6, 6.07) is 2.10. The number of nitrogens with one attached hydrogen (secondary N) is 1. The molecule has 4 rings (SSSR count). The summed E-state index contributed by atoms with van der Waals surface area (Å²) in [5.41, 5.74) is 2.51. The minimum atomic E-state index is -3.00. The maximum atomic E-state index is 11.8. The summed E-state index contributed by atoms with van der Waals surface area (Å²) in [6.45, 7) is 1.71. The van der Waals surface area contributed by atoms with Gasteiger partial charge in [-0.15, -0.1) is 0 Å². The van der Waals surface area contributed by atoms with Crippen molar-refractivity contribution in [2.24, 2.45) is 0 Å². The Morgan fingerprint density at radius 2 is 2.04 bits per heavy atom. The summed E-state index contributed by atoms with van der Waals surface area (Å²) < 4.78 is 25.8. The number of aromatic nitrogens is 4. The molecule has 1 aliphatic rings. The lowest BCUT2D eigenvalue weighted by molar-refractivity contribution is 0.178. The van der Waals surface area contributed by atoms with Crippen molar-refractivity contribution in [1.29, 1.82) is 0 Å². The average molecular weight is 362 g/mol. The van der Waals surface area contributed by atoms with Gasteiger partial charge in [0.1, 0.15) is 32.9 Å². The Hall–Kier alpha value is -1.93. The molecule has 0 aromatic carbocycles. The Labute approximate surface area is 146 Å². The molecular formula is C17H22N4O3S. The van der Waals surface area contributed by atoms with Crippen molar-refractivity contribution < 1.29 is 13.5 Å². The first-order valence-corrected chi connectivity index (χ1v) is 10.5. The standard InChI is InChI=1S/C17H22N4O3S/c1-10(22)17-20-14-9-19-16-13(7-8-18-16)15(14)21(17)11-3-5-12(6-4-11)25(2,23)24/h7-12,22H,3-6H2,1-2H3,(H,18,19)/t10-,11-,12-/m1/s1. The van der Waals surface area contributed by atoms with Crippen molar-refractivity contribution in [2.75, 3.05) is 6.26 Å². The van der Waals surface area contributed by atoms with Crippen LogP contribution in [0, 0.1) is 0 Å². The van der Waals surface area contributed by atoms with Crippen LogP contribution in [0.3, 0.4) is 0 Å². The SMILES string of the molecule is C[C@@H](O)c1nc2cnc3[nH]ccc3c2n1[C@H]1CC[C@H](S(C)(=O)=O)CC1. The first-order chi connectivity index (χ1) is 11.9. The molecule has 0 spiro atoms. The van der Waals surface area contributed by atoms with Gasteiger partial charge in [-0.2, -0.15) is 0 Å². The Bertz CT molecular complexity index is 1030. The topological polar surface area (TPSA) is 101 Å². The molecule has 3 aromatic rings. The van der Waals surface area contributed by atoms with Gasteiger partial charge in [-0.1, -0.05) is 0 Å². The first kappa shape index (κ1) is 16.5. The van der Waals surface area contributed by atoms with E-state index in [4.69, 9.17) is 0 Å². The lowest BCUT2D eigenvalue weighted by Crippen LogP contribution is -2.28. The highest BCUT2D eigenvalue weighted by molar-refractivity contribution is 7.91. The lowest BCUT2D eigenvalue weighted by atomic mass is 9.94. The molecule has 1 saturated carbocycles. The maximum Gasteiger partial charge on any atom is 0.150 e. The number of nitrogens with zero attached hydrogens (tertiary/aromatic N) is 3. The molecule has 8 heteroatoms. The van der Waals surface area contributed by atoms with E-state index in [0.717, 1.165) is 34.9 Å². The summed E-state index contributed by atoms with van der Waals surface area (Å²) in [7, 11) is -3.00. The maximum absolute atomic E-state index is 11.8. The van der Waals surface area contributed by atoms with E-state index < -0.39 is 15.9 Å².